The van der Waals surface area contributed by atoms with Crippen LogP contribution in [0.3, 0.4) is 0 Å². The molecule has 0 saturated carbocycles. The van der Waals surface area contributed by atoms with Crippen LogP contribution in [0.4, 0.5) is 0 Å². The summed E-state index contributed by atoms with van der Waals surface area (Å²) in [7, 11) is 0. The summed E-state index contributed by atoms with van der Waals surface area (Å²) in [6.45, 7) is 0. The van der Waals surface area contributed by atoms with Crippen LogP contribution >= 0.6 is 0 Å². The van der Waals surface area contributed by atoms with Gasteiger partial charge in [0, 0.05) is 11.1 Å². The van der Waals surface area contributed by atoms with E-state index in [-0.39, 0.29) is 11.5 Å². The van der Waals surface area contributed by atoms with Crippen LogP contribution in [0.15, 0.2) is 47.3 Å². The van der Waals surface area contributed by atoms with Crippen LogP contribution in [-0.4, -0.2) is 22.1 Å². The highest BCUT2D eigenvalue weighted by Crippen LogP contribution is 2.25. The highest BCUT2D eigenvalue weighted by molar-refractivity contribution is 6.10. The number of allylic oxidation sites excluding steroid dienone is 5. The lowest BCUT2D eigenvalue weighted by Gasteiger charge is -2.16. The van der Waals surface area contributed by atoms with Gasteiger partial charge in [-0.1, -0.05) is 12.2 Å². The molecular formula is C10H8O3. The lowest BCUT2D eigenvalue weighted by Crippen LogP contribution is -2.14. The van der Waals surface area contributed by atoms with Crippen molar-refractivity contribution in [2.75, 3.05) is 0 Å². The number of carbonyl (C=O) groups is 1. The fourth-order valence-corrected chi connectivity index (χ4v) is 1.37. The smallest absolute Gasteiger partial charge is 0.186 e. The van der Waals surface area contributed by atoms with Gasteiger partial charge < -0.3 is 10.2 Å². The van der Waals surface area contributed by atoms with Gasteiger partial charge in [0.25, 0.3) is 0 Å². The summed E-state index contributed by atoms with van der Waals surface area (Å²) < 4.78 is 0. The second kappa shape index (κ2) is 2.71. The summed E-state index contributed by atoms with van der Waals surface area (Å²) in [5.74, 6) is -0.120. The van der Waals surface area contributed by atoms with Crippen LogP contribution in [0.5, 0.6) is 0 Å². The summed E-state index contributed by atoms with van der Waals surface area (Å²) in [4.78, 5) is 11.3. The average Bonchev–Trinajstić information content (AvgIpc) is 2.12. The van der Waals surface area contributed by atoms with E-state index in [1.54, 1.807) is 6.08 Å². The van der Waals surface area contributed by atoms with Crippen molar-refractivity contribution in [2.45, 2.75) is 6.10 Å². The SMILES string of the molecule is O=C1C=CC(O)=C2C=CC(O)C=C12. The molecule has 2 rings (SSSR count). The van der Waals surface area contributed by atoms with Crippen LogP contribution in [0.2, 0.25) is 0 Å². The third-order valence-electron chi connectivity index (χ3n) is 2.02. The molecule has 66 valence electrons. The first kappa shape index (κ1) is 8.01. The molecular weight excluding hydrogens is 168 g/mol. The van der Waals surface area contributed by atoms with E-state index in [0.29, 0.717) is 11.1 Å². The molecule has 3 heteroatoms. The number of hydrogen-bond acceptors (Lipinski definition) is 3. The van der Waals surface area contributed by atoms with Crippen molar-refractivity contribution in [3.63, 3.8) is 0 Å². The number of ketones is 1. The molecule has 2 N–H and O–H groups in total. The lowest BCUT2D eigenvalue weighted by molar-refractivity contribution is -0.111. The first-order chi connectivity index (χ1) is 6.18. The minimum Gasteiger partial charge on any atom is -0.507 e. The van der Waals surface area contributed by atoms with Gasteiger partial charge in [0.2, 0.25) is 0 Å². The maximum Gasteiger partial charge on any atom is 0.186 e. The molecule has 0 aromatic heterocycles. The van der Waals surface area contributed by atoms with Crippen molar-refractivity contribution in [1.82, 2.24) is 0 Å². The van der Waals surface area contributed by atoms with Crippen molar-refractivity contribution in [3.8, 4) is 0 Å². The maximum absolute atomic E-state index is 11.3. The zero-order valence-corrected chi connectivity index (χ0v) is 6.77. The van der Waals surface area contributed by atoms with Crippen LogP contribution in [0.25, 0.3) is 0 Å². The van der Waals surface area contributed by atoms with Crippen molar-refractivity contribution in [2.24, 2.45) is 0 Å². The molecule has 0 aliphatic heterocycles. The number of hydrogen-bond donors (Lipinski definition) is 2. The zero-order chi connectivity index (χ0) is 9.42. The predicted molar refractivity (Wildman–Crippen MR) is 47.0 cm³/mol. The molecule has 0 fully saturated rings. The van der Waals surface area contributed by atoms with Gasteiger partial charge in [0.05, 0.1) is 6.10 Å². The Hall–Kier alpha value is -1.61. The Kier molecular flexibility index (Phi) is 1.67. The van der Waals surface area contributed by atoms with E-state index in [1.807, 2.05) is 0 Å². The van der Waals surface area contributed by atoms with Gasteiger partial charge in [-0.15, -0.1) is 0 Å². The van der Waals surface area contributed by atoms with Crippen molar-refractivity contribution in [1.29, 1.82) is 0 Å². The van der Waals surface area contributed by atoms with Gasteiger partial charge in [-0.05, 0) is 18.2 Å². The Morgan fingerprint density at radius 3 is 2.77 bits per heavy atom. The number of aliphatic hydroxyl groups excluding tert-OH is 2. The second-order valence-corrected chi connectivity index (χ2v) is 2.93. The monoisotopic (exact) mass is 176 g/mol. The first-order valence-electron chi connectivity index (χ1n) is 3.92. The highest BCUT2D eigenvalue weighted by Gasteiger charge is 2.21. The molecule has 3 nitrogen and oxygen atoms in total. The third-order valence-corrected chi connectivity index (χ3v) is 2.02. The molecule has 1 unspecified atom stereocenters. The summed E-state index contributed by atoms with van der Waals surface area (Å²) in [5, 5.41) is 18.6. The molecule has 0 aromatic rings. The zero-order valence-electron chi connectivity index (χ0n) is 6.77. The number of rotatable bonds is 0. The molecule has 1 atom stereocenters. The molecule has 0 heterocycles. The van der Waals surface area contributed by atoms with Crippen LogP contribution in [0.1, 0.15) is 0 Å². The summed E-state index contributed by atoms with van der Waals surface area (Å²) in [5.41, 5.74) is 0.854. The van der Waals surface area contributed by atoms with Crippen molar-refractivity contribution >= 4 is 5.78 Å². The van der Waals surface area contributed by atoms with Crippen LogP contribution < -0.4 is 0 Å². The minimum atomic E-state index is -0.734. The minimum absolute atomic E-state index is 0.0639. The highest BCUT2D eigenvalue weighted by atomic mass is 16.3. The largest absolute Gasteiger partial charge is 0.507 e. The summed E-state index contributed by atoms with van der Waals surface area (Å²) >= 11 is 0. The van der Waals surface area contributed by atoms with Crippen molar-refractivity contribution < 1.29 is 15.0 Å². The Balaban J connectivity index is 2.54. The summed E-state index contributed by atoms with van der Waals surface area (Å²) in [6.07, 6.45) is 6.41. The van der Waals surface area contributed by atoms with E-state index in [1.165, 1.54) is 24.3 Å². The fourth-order valence-electron chi connectivity index (χ4n) is 1.37. The number of fused-ring (bicyclic) bond motifs is 1. The summed E-state index contributed by atoms with van der Waals surface area (Å²) in [6, 6.07) is 0. The molecule has 2 aliphatic rings. The predicted octanol–water partition coefficient (Wildman–Crippen LogP) is 0.794. The maximum atomic E-state index is 11.3. The van der Waals surface area contributed by atoms with E-state index in [4.69, 9.17) is 0 Å². The molecule has 0 bridgehead atoms. The quantitative estimate of drug-likeness (QED) is 0.573. The molecule has 0 saturated heterocycles. The standard InChI is InChI=1S/C10H8O3/c11-6-1-2-7-8(5-6)10(13)4-3-9(7)12/h1-6,11-12H. The Bertz CT molecular complexity index is 383. The Morgan fingerprint density at radius 1 is 1.23 bits per heavy atom. The molecule has 0 spiro atoms. The van der Waals surface area contributed by atoms with Crippen molar-refractivity contribution in [3.05, 3.63) is 47.3 Å². The van der Waals surface area contributed by atoms with Gasteiger partial charge >= 0.3 is 0 Å². The van der Waals surface area contributed by atoms with Gasteiger partial charge in [-0.25, -0.2) is 0 Å². The van der Waals surface area contributed by atoms with Crippen LogP contribution in [0, 0.1) is 0 Å². The second-order valence-electron chi connectivity index (χ2n) is 2.93. The van der Waals surface area contributed by atoms with Gasteiger partial charge in [-0.2, -0.15) is 0 Å². The number of aliphatic hydroxyl groups is 2. The Labute approximate surface area is 75.0 Å². The normalized spacial score (nSPS) is 26.1. The van der Waals surface area contributed by atoms with E-state index in [0.717, 1.165) is 0 Å². The molecule has 2 aliphatic carbocycles. The lowest BCUT2D eigenvalue weighted by atomic mass is 9.90. The number of carbonyl (C=O) groups excluding carboxylic acids is 1. The van der Waals surface area contributed by atoms with E-state index in [9.17, 15) is 15.0 Å². The molecule has 0 radical (unpaired) electrons. The van der Waals surface area contributed by atoms with E-state index < -0.39 is 6.10 Å². The Morgan fingerprint density at radius 2 is 2.00 bits per heavy atom. The van der Waals surface area contributed by atoms with Crippen LogP contribution in [-0.2, 0) is 4.79 Å². The molecule has 0 amide bonds. The van der Waals surface area contributed by atoms with E-state index in [2.05, 4.69) is 0 Å². The third kappa shape index (κ3) is 1.23. The molecule has 0 aromatic carbocycles. The average molecular weight is 176 g/mol. The molecule has 13 heavy (non-hydrogen) atoms. The van der Waals surface area contributed by atoms with Gasteiger partial charge in [0.1, 0.15) is 5.76 Å². The topological polar surface area (TPSA) is 57.5 Å². The van der Waals surface area contributed by atoms with E-state index >= 15 is 0 Å². The fraction of sp³-hybridized carbons (Fsp3) is 0.100. The van der Waals surface area contributed by atoms with Gasteiger partial charge in [-0.3, -0.25) is 4.79 Å². The first-order valence-corrected chi connectivity index (χ1v) is 3.92. The van der Waals surface area contributed by atoms with Gasteiger partial charge in [0.15, 0.2) is 5.78 Å².